The van der Waals surface area contributed by atoms with E-state index in [2.05, 4.69) is 14.2 Å². The van der Waals surface area contributed by atoms with E-state index in [-0.39, 0.29) is 64.7 Å². The van der Waals surface area contributed by atoms with Gasteiger partial charge in [0.05, 0.1) is 73.6 Å². The van der Waals surface area contributed by atoms with E-state index < -0.39 is 17.7 Å². The fourth-order valence-corrected chi connectivity index (χ4v) is 1.73. The van der Waals surface area contributed by atoms with Crippen molar-refractivity contribution in [1.29, 1.82) is 0 Å². The molecule has 26 heavy (non-hydrogen) atoms. The van der Waals surface area contributed by atoms with Crippen molar-refractivity contribution in [2.24, 2.45) is 5.73 Å². The first-order chi connectivity index (χ1) is 12.4. The van der Waals surface area contributed by atoms with Gasteiger partial charge >= 0.3 is 17.9 Å². The maximum Gasteiger partial charge on any atom is 0.307 e. The van der Waals surface area contributed by atoms with Crippen molar-refractivity contribution in [2.45, 2.75) is 31.4 Å². The normalized spacial score (nSPS) is 12.9. The zero-order valence-corrected chi connectivity index (χ0v) is 15.6. The molecule has 1 unspecified atom stereocenters. The molecule has 0 fully saturated rings. The molecule has 0 bridgehead atoms. The third-order valence-electron chi connectivity index (χ3n) is 3.30. The van der Waals surface area contributed by atoms with Gasteiger partial charge in [-0.1, -0.05) is 0 Å². The molecule has 0 saturated heterocycles. The van der Waals surface area contributed by atoms with Crippen LogP contribution in [0.25, 0.3) is 0 Å². The molecule has 0 aliphatic heterocycles. The van der Waals surface area contributed by atoms with Crippen LogP contribution in [0.2, 0.25) is 0 Å². The Morgan fingerprint density at radius 2 is 1.19 bits per heavy atom. The predicted octanol–water partition coefficient (Wildman–Crippen LogP) is -0.229. The third kappa shape index (κ3) is 12.6. The summed E-state index contributed by atoms with van der Waals surface area (Å²) in [5.74, 6) is -1.19. The van der Waals surface area contributed by atoms with Gasteiger partial charge in [0.15, 0.2) is 0 Å². The van der Waals surface area contributed by atoms with E-state index >= 15 is 0 Å². The van der Waals surface area contributed by atoms with Gasteiger partial charge in [-0.2, -0.15) is 0 Å². The summed E-state index contributed by atoms with van der Waals surface area (Å²) in [6.45, 7) is 0.562. The molecule has 0 radical (unpaired) electrons. The van der Waals surface area contributed by atoms with E-state index in [1.165, 1.54) is 21.3 Å². The Bertz CT molecular complexity index is 430. The van der Waals surface area contributed by atoms with Crippen molar-refractivity contribution in [3.8, 4) is 0 Å². The van der Waals surface area contributed by atoms with Crippen LogP contribution in [0.1, 0.15) is 25.7 Å². The maximum absolute atomic E-state index is 11.2. The van der Waals surface area contributed by atoms with Crippen LogP contribution in [0.4, 0.5) is 0 Å². The quantitative estimate of drug-likeness (QED) is 0.176. The number of ether oxygens (including phenoxy) is 6. The minimum atomic E-state index is -1.21. The van der Waals surface area contributed by atoms with Gasteiger partial charge < -0.3 is 34.2 Å². The van der Waals surface area contributed by atoms with E-state index in [1.807, 2.05) is 0 Å². The van der Waals surface area contributed by atoms with Crippen LogP contribution in [0.5, 0.6) is 0 Å². The van der Waals surface area contributed by atoms with Crippen molar-refractivity contribution < 1.29 is 42.8 Å². The highest BCUT2D eigenvalue weighted by Gasteiger charge is 2.27. The Kier molecular flexibility index (Phi) is 13.5. The van der Waals surface area contributed by atoms with Gasteiger partial charge in [0, 0.05) is 6.42 Å². The summed E-state index contributed by atoms with van der Waals surface area (Å²) in [6.07, 6.45) is 0.519. The van der Waals surface area contributed by atoms with E-state index in [0.717, 1.165) is 0 Å². The van der Waals surface area contributed by atoms with Gasteiger partial charge in [-0.05, 0) is 0 Å². The lowest BCUT2D eigenvalue weighted by molar-refractivity contribution is -0.149. The number of carbonyl (C=O) groups excluding carboxylic acids is 3. The lowest BCUT2D eigenvalue weighted by Crippen LogP contribution is -2.48. The fraction of sp³-hybridized carbons (Fsp3) is 0.812. The topological polar surface area (TPSA) is 133 Å². The smallest absolute Gasteiger partial charge is 0.307 e. The van der Waals surface area contributed by atoms with Gasteiger partial charge in [-0.25, -0.2) is 0 Å². The van der Waals surface area contributed by atoms with Gasteiger partial charge in [0.2, 0.25) is 0 Å². The van der Waals surface area contributed by atoms with Crippen molar-refractivity contribution in [3.63, 3.8) is 0 Å². The average molecular weight is 379 g/mol. The van der Waals surface area contributed by atoms with Crippen LogP contribution in [0.3, 0.4) is 0 Å². The molecule has 10 heteroatoms. The lowest BCUT2D eigenvalue weighted by Gasteiger charge is -2.29. The number of esters is 3. The van der Waals surface area contributed by atoms with Gasteiger partial charge in [-0.15, -0.1) is 0 Å². The van der Waals surface area contributed by atoms with Crippen LogP contribution in [0, 0.1) is 0 Å². The monoisotopic (exact) mass is 379 g/mol. The number of rotatable bonds is 15. The van der Waals surface area contributed by atoms with Crippen LogP contribution >= 0.6 is 0 Å². The summed E-state index contributed by atoms with van der Waals surface area (Å²) in [5.41, 5.74) is 4.94. The summed E-state index contributed by atoms with van der Waals surface area (Å²) >= 11 is 0. The first-order valence-corrected chi connectivity index (χ1v) is 8.15. The summed E-state index contributed by atoms with van der Waals surface area (Å²) in [4.78, 5) is 33.2. The van der Waals surface area contributed by atoms with E-state index in [1.54, 1.807) is 0 Å². The summed E-state index contributed by atoms with van der Waals surface area (Å²) in [6, 6.07) is 0. The standard InChI is InChI=1S/C16H29NO9/c1-21-13(18)4-8-24-11-7-16(17,26-10-6-15(20)23-3)12-25-9-5-14(19)22-2/h4-12,17H2,1-3H3. The molecule has 10 nitrogen and oxygen atoms in total. The Morgan fingerprint density at radius 1 is 0.731 bits per heavy atom. The molecular formula is C16H29NO9. The largest absolute Gasteiger partial charge is 0.469 e. The molecule has 0 spiro atoms. The molecule has 0 aromatic carbocycles. The van der Waals surface area contributed by atoms with Crippen molar-refractivity contribution in [3.05, 3.63) is 0 Å². The van der Waals surface area contributed by atoms with Gasteiger partial charge in [0.25, 0.3) is 0 Å². The highest BCUT2D eigenvalue weighted by Crippen LogP contribution is 2.12. The molecule has 0 heterocycles. The highest BCUT2D eigenvalue weighted by molar-refractivity contribution is 5.69. The van der Waals surface area contributed by atoms with E-state index in [4.69, 9.17) is 19.9 Å². The third-order valence-corrected chi connectivity index (χ3v) is 3.30. The molecule has 0 rings (SSSR count). The number of nitrogens with two attached hydrogens (primary N) is 1. The second kappa shape index (κ2) is 14.4. The van der Waals surface area contributed by atoms with E-state index in [0.29, 0.717) is 0 Å². The second-order valence-corrected chi connectivity index (χ2v) is 5.31. The second-order valence-electron chi connectivity index (χ2n) is 5.31. The number of methoxy groups -OCH3 is 3. The predicted molar refractivity (Wildman–Crippen MR) is 89.0 cm³/mol. The molecule has 0 saturated carbocycles. The summed E-state index contributed by atoms with van der Waals surface area (Å²) in [5, 5.41) is 0. The van der Waals surface area contributed by atoms with Gasteiger partial charge in [-0.3, -0.25) is 14.4 Å². The Hall–Kier alpha value is -1.75. The van der Waals surface area contributed by atoms with Crippen LogP contribution < -0.4 is 5.73 Å². The van der Waals surface area contributed by atoms with Crippen molar-refractivity contribution in [1.82, 2.24) is 0 Å². The van der Waals surface area contributed by atoms with Crippen LogP contribution in [0.15, 0.2) is 0 Å². The summed E-state index contributed by atoms with van der Waals surface area (Å²) in [7, 11) is 3.87. The van der Waals surface area contributed by atoms with Crippen molar-refractivity contribution >= 4 is 17.9 Å². The first-order valence-electron chi connectivity index (χ1n) is 8.15. The molecular weight excluding hydrogens is 350 g/mol. The number of hydrogen-bond donors (Lipinski definition) is 1. The molecule has 0 aromatic heterocycles. The molecule has 152 valence electrons. The Morgan fingerprint density at radius 3 is 1.69 bits per heavy atom. The molecule has 2 N–H and O–H groups in total. The highest BCUT2D eigenvalue weighted by atomic mass is 16.6. The maximum atomic E-state index is 11.2. The van der Waals surface area contributed by atoms with E-state index in [9.17, 15) is 14.4 Å². The fourth-order valence-electron chi connectivity index (χ4n) is 1.73. The molecule has 0 aliphatic rings. The minimum Gasteiger partial charge on any atom is -0.469 e. The molecule has 0 amide bonds. The zero-order chi connectivity index (χ0) is 19.8. The Balaban J connectivity index is 4.30. The van der Waals surface area contributed by atoms with Crippen molar-refractivity contribution in [2.75, 3.05) is 54.4 Å². The average Bonchev–Trinajstić information content (AvgIpc) is 2.64. The SMILES string of the molecule is COC(=O)CCOCCC(N)(COCCC(=O)OC)OCCC(=O)OC. The molecule has 0 aromatic rings. The number of carbonyl (C=O) groups is 3. The first kappa shape index (κ1) is 24.2. The molecule has 1 atom stereocenters. The summed E-state index contributed by atoms with van der Waals surface area (Å²) < 4.78 is 29.8. The molecule has 0 aliphatic carbocycles. The minimum absolute atomic E-state index is 0.00840. The number of hydrogen-bond acceptors (Lipinski definition) is 10. The van der Waals surface area contributed by atoms with Crippen LogP contribution in [-0.2, 0) is 42.8 Å². The Labute approximate surface area is 153 Å². The van der Waals surface area contributed by atoms with Gasteiger partial charge in [0.1, 0.15) is 5.72 Å². The van der Waals surface area contributed by atoms with Crippen LogP contribution in [-0.4, -0.2) is 78.0 Å². The zero-order valence-electron chi connectivity index (χ0n) is 15.6. The lowest BCUT2D eigenvalue weighted by atomic mass is 10.2.